The molecule has 1 aliphatic heterocycles. The molecule has 9 heteroatoms. The third-order valence-electron chi connectivity index (χ3n) is 4.81. The van der Waals surface area contributed by atoms with Gasteiger partial charge in [-0.3, -0.25) is 4.79 Å². The van der Waals surface area contributed by atoms with Crippen LogP contribution in [0, 0.1) is 24.4 Å². The summed E-state index contributed by atoms with van der Waals surface area (Å²) < 4.78 is 42.2. The summed E-state index contributed by atoms with van der Waals surface area (Å²) in [5.41, 5.74) is 2.13. The van der Waals surface area contributed by atoms with Gasteiger partial charge in [-0.1, -0.05) is 11.6 Å². The van der Waals surface area contributed by atoms with Crippen LogP contribution in [0.2, 0.25) is 0 Å². The Kier molecular flexibility index (Phi) is 4.99. The largest absolute Gasteiger partial charge is 0.481 e. The summed E-state index contributed by atoms with van der Waals surface area (Å²) in [6, 6.07) is 1.25. The van der Waals surface area contributed by atoms with Crippen LogP contribution in [0.15, 0.2) is 29.2 Å². The van der Waals surface area contributed by atoms with Gasteiger partial charge in [0.15, 0.2) is 23.3 Å². The number of hydrogen-bond donors (Lipinski definition) is 1. The monoisotopic (exact) mass is 419 g/mol. The second kappa shape index (κ2) is 7.47. The van der Waals surface area contributed by atoms with E-state index >= 15 is 0 Å². The molecular weight excluding hydrogens is 403 g/mol. The van der Waals surface area contributed by atoms with Crippen LogP contribution in [0.3, 0.4) is 0 Å². The van der Waals surface area contributed by atoms with Gasteiger partial charge in [0.05, 0.1) is 22.2 Å². The van der Waals surface area contributed by atoms with Crippen LogP contribution < -0.4 is 4.90 Å². The quantitative estimate of drug-likeness (QED) is 0.491. The molecule has 0 unspecified atom stereocenters. The summed E-state index contributed by atoms with van der Waals surface area (Å²) in [5.74, 6) is -3.72. The molecule has 0 saturated carbocycles. The number of thiophene rings is 1. The van der Waals surface area contributed by atoms with Crippen molar-refractivity contribution >= 4 is 33.3 Å². The van der Waals surface area contributed by atoms with E-state index in [2.05, 4.69) is 9.97 Å². The number of anilines is 1. The molecule has 0 aliphatic carbocycles. The number of carbonyl (C=O) groups is 1. The Morgan fingerprint density at radius 2 is 1.97 bits per heavy atom. The maximum Gasteiger partial charge on any atom is 0.307 e. The number of rotatable bonds is 4. The summed E-state index contributed by atoms with van der Waals surface area (Å²) in [5, 5.41) is 10.9. The summed E-state index contributed by atoms with van der Waals surface area (Å²) >= 11 is 1.45. The number of benzene rings is 1. The number of nitrogens with zero attached hydrogens (tertiary/aromatic N) is 3. The SMILES string of the molecule is Cc1csc2c(N3CC=C(CC(=O)O)CC3)nc(-c3cc(F)c(F)cc3F)nc12. The highest BCUT2D eigenvalue weighted by molar-refractivity contribution is 7.18. The minimum atomic E-state index is -1.27. The summed E-state index contributed by atoms with van der Waals surface area (Å²) in [6.45, 7) is 2.86. The number of hydrogen-bond acceptors (Lipinski definition) is 5. The predicted molar refractivity (Wildman–Crippen MR) is 105 cm³/mol. The number of fused-ring (bicyclic) bond motifs is 1. The molecule has 0 saturated heterocycles. The van der Waals surface area contributed by atoms with Gasteiger partial charge < -0.3 is 10.0 Å². The molecular formula is C20H16F3N3O2S. The number of halogens is 3. The van der Waals surface area contributed by atoms with Crippen LogP contribution in [0.25, 0.3) is 21.6 Å². The molecule has 1 aliphatic rings. The van der Waals surface area contributed by atoms with Crippen molar-refractivity contribution in [3.05, 3.63) is 52.2 Å². The average molecular weight is 419 g/mol. The lowest BCUT2D eigenvalue weighted by Gasteiger charge is -2.27. The normalized spacial score (nSPS) is 14.3. The van der Waals surface area contributed by atoms with E-state index in [1.54, 1.807) is 0 Å². The number of carboxylic acid groups (broad SMARTS) is 1. The van der Waals surface area contributed by atoms with Gasteiger partial charge in [0.25, 0.3) is 0 Å². The summed E-state index contributed by atoms with van der Waals surface area (Å²) in [4.78, 5) is 21.7. The van der Waals surface area contributed by atoms with E-state index in [-0.39, 0.29) is 17.8 Å². The van der Waals surface area contributed by atoms with Crippen molar-refractivity contribution in [1.29, 1.82) is 0 Å². The average Bonchev–Trinajstić information content (AvgIpc) is 3.05. The molecule has 5 nitrogen and oxygen atoms in total. The lowest BCUT2D eigenvalue weighted by Crippen LogP contribution is -2.30. The molecule has 1 N–H and O–H groups in total. The molecule has 29 heavy (non-hydrogen) atoms. The molecule has 0 atom stereocenters. The second-order valence-corrected chi connectivity index (χ2v) is 7.72. The first-order valence-electron chi connectivity index (χ1n) is 8.89. The van der Waals surface area contributed by atoms with Gasteiger partial charge in [0.1, 0.15) is 5.82 Å². The zero-order valence-corrected chi connectivity index (χ0v) is 16.2. The van der Waals surface area contributed by atoms with Gasteiger partial charge in [-0.25, -0.2) is 23.1 Å². The van der Waals surface area contributed by atoms with Crippen molar-refractivity contribution in [3.8, 4) is 11.4 Å². The lowest BCUT2D eigenvalue weighted by atomic mass is 10.0. The van der Waals surface area contributed by atoms with Crippen LogP contribution in [0.4, 0.5) is 19.0 Å². The first kappa shape index (κ1) is 19.4. The van der Waals surface area contributed by atoms with E-state index in [1.807, 2.05) is 23.3 Å². The van der Waals surface area contributed by atoms with E-state index in [9.17, 15) is 18.0 Å². The molecule has 3 heterocycles. The van der Waals surface area contributed by atoms with E-state index in [1.165, 1.54) is 11.3 Å². The third kappa shape index (κ3) is 3.69. The Hall–Kier alpha value is -2.94. The van der Waals surface area contributed by atoms with Crippen LogP contribution in [-0.4, -0.2) is 34.1 Å². The standard InChI is InChI=1S/C20H16F3N3O2S/c1-10-9-29-18-17(10)24-19(12-7-14(22)15(23)8-13(12)21)25-20(18)26-4-2-11(3-5-26)6-16(27)28/h2,7-9H,3-6H2,1H3,(H,27,28). The van der Waals surface area contributed by atoms with Crippen molar-refractivity contribution in [1.82, 2.24) is 9.97 Å². The molecule has 3 aromatic rings. The van der Waals surface area contributed by atoms with Gasteiger partial charge in [0, 0.05) is 19.2 Å². The first-order chi connectivity index (χ1) is 13.8. The minimum absolute atomic E-state index is 0.00352. The van der Waals surface area contributed by atoms with Gasteiger partial charge in [-0.05, 0) is 30.4 Å². The molecule has 0 bridgehead atoms. The number of aromatic nitrogens is 2. The first-order valence-corrected chi connectivity index (χ1v) is 9.77. The molecule has 2 aromatic heterocycles. The number of carboxylic acids is 1. The summed E-state index contributed by atoms with van der Waals surface area (Å²) in [6.07, 6.45) is 2.41. The molecule has 150 valence electrons. The smallest absolute Gasteiger partial charge is 0.307 e. The van der Waals surface area contributed by atoms with Crippen molar-refractivity contribution < 1.29 is 23.1 Å². The highest BCUT2D eigenvalue weighted by Gasteiger charge is 2.22. The maximum atomic E-state index is 14.3. The lowest BCUT2D eigenvalue weighted by molar-refractivity contribution is -0.136. The number of aliphatic carboxylic acids is 1. The van der Waals surface area contributed by atoms with E-state index in [0.717, 1.165) is 21.9 Å². The Morgan fingerprint density at radius 1 is 1.21 bits per heavy atom. The Morgan fingerprint density at radius 3 is 2.66 bits per heavy atom. The fraction of sp³-hybridized carbons (Fsp3) is 0.250. The zero-order chi connectivity index (χ0) is 20.7. The molecule has 1 aromatic carbocycles. The zero-order valence-electron chi connectivity index (χ0n) is 15.4. The Labute approximate surface area is 168 Å². The van der Waals surface area contributed by atoms with Crippen LogP contribution in [-0.2, 0) is 4.79 Å². The highest BCUT2D eigenvalue weighted by atomic mass is 32.1. The minimum Gasteiger partial charge on any atom is -0.481 e. The molecule has 0 amide bonds. The molecule has 0 fully saturated rings. The van der Waals surface area contributed by atoms with Crippen molar-refractivity contribution in [2.45, 2.75) is 19.8 Å². The van der Waals surface area contributed by atoms with Gasteiger partial charge in [0.2, 0.25) is 0 Å². The fourth-order valence-corrected chi connectivity index (χ4v) is 4.31. The predicted octanol–water partition coefficient (Wildman–Crippen LogP) is 4.70. The Balaban J connectivity index is 1.80. The molecule has 0 radical (unpaired) electrons. The van der Waals surface area contributed by atoms with Crippen molar-refractivity contribution in [2.75, 3.05) is 18.0 Å². The molecule has 4 rings (SSSR count). The van der Waals surface area contributed by atoms with Gasteiger partial charge in [-0.2, -0.15) is 0 Å². The van der Waals surface area contributed by atoms with E-state index < -0.39 is 23.4 Å². The number of aryl methyl sites for hydroxylation is 1. The fourth-order valence-electron chi connectivity index (χ4n) is 3.30. The molecule has 0 spiro atoms. The highest BCUT2D eigenvalue weighted by Crippen LogP contribution is 2.35. The van der Waals surface area contributed by atoms with Crippen LogP contribution in [0.1, 0.15) is 18.4 Å². The van der Waals surface area contributed by atoms with Gasteiger partial charge >= 0.3 is 5.97 Å². The second-order valence-electron chi connectivity index (χ2n) is 6.84. The van der Waals surface area contributed by atoms with Crippen LogP contribution >= 0.6 is 11.3 Å². The van der Waals surface area contributed by atoms with Crippen LogP contribution in [0.5, 0.6) is 0 Å². The Bertz CT molecular complexity index is 1160. The van der Waals surface area contributed by atoms with E-state index in [4.69, 9.17) is 5.11 Å². The maximum absolute atomic E-state index is 14.3. The van der Waals surface area contributed by atoms with Crippen molar-refractivity contribution in [2.24, 2.45) is 0 Å². The summed E-state index contributed by atoms with van der Waals surface area (Å²) in [7, 11) is 0. The van der Waals surface area contributed by atoms with E-state index in [0.29, 0.717) is 36.9 Å². The van der Waals surface area contributed by atoms with Gasteiger partial charge in [-0.15, -0.1) is 11.3 Å². The third-order valence-corrected chi connectivity index (χ3v) is 5.89. The topological polar surface area (TPSA) is 66.3 Å². The van der Waals surface area contributed by atoms with Crippen molar-refractivity contribution in [3.63, 3.8) is 0 Å².